The molecule has 0 aliphatic carbocycles. The van der Waals surface area contributed by atoms with Crippen LogP contribution in [0.3, 0.4) is 0 Å². The van der Waals surface area contributed by atoms with E-state index in [-0.39, 0.29) is 6.04 Å². The Labute approximate surface area is 77.9 Å². The SMILES string of the molecule is C=CC(CCC)n1ccnc1Cl. The number of rotatable bonds is 4. The molecule has 0 spiro atoms. The van der Waals surface area contributed by atoms with E-state index < -0.39 is 0 Å². The molecule has 0 saturated carbocycles. The lowest BCUT2D eigenvalue weighted by molar-refractivity contribution is 0.550. The molecule has 1 heterocycles. The third-order valence-electron chi connectivity index (χ3n) is 1.84. The predicted molar refractivity (Wildman–Crippen MR) is 51.4 cm³/mol. The van der Waals surface area contributed by atoms with E-state index in [0.29, 0.717) is 5.28 Å². The highest BCUT2D eigenvalue weighted by Gasteiger charge is 2.07. The zero-order chi connectivity index (χ0) is 8.97. The van der Waals surface area contributed by atoms with Crippen molar-refractivity contribution >= 4 is 11.6 Å². The van der Waals surface area contributed by atoms with Crippen molar-refractivity contribution in [2.75, 3.05) is 0 Å². The van der Waals surface area contributed by atoms with Gasteiger partial charge in [-0.25, -0.2) is 4.98 Å². The molecular weight excluding hydrogens is 172 g/mol. The molecule has 1 rings (SSSR count). The molecule has 0 N–H and O–H groups in total. The first-order valence-electron chi connectivity index (χ1n) is 4.10. The number of imidazole rings is 1. The van der Waals surface area contributed by atoms with Crippen molar-refractivity contribution in [1.82, 2.24) is 9.55 Å². The summed E-state index contributed by atoms with van der Waals surface area (Å²) in [6, 6.07) is 0.282. The molecule has 1 unspecified atom stereocenters. The Morgan fingerprint density at radius 3 is 3.00 bits per heavy atom. The van der Waals surface area contributed by atoms with Crippen LogP contribution in [0.2, 0.25) is 5.28 Å². The summed E-state index contributed by atoms with van der Waals surface area (Å²) in [5, 5.41) is 0.536. The summed E-state index contributed by atoms with van der Waals surface area (Å²) in [4.78, 5) is 3.95. The highest BCUT2D eigenvalue weighted by Crippen LogP contribution is 2.19. The average Bonchev–Trinajstić information content (AvgIpc) is 2.47. The maximum atomic E-state index is 5.85. The van der Waals surface area contributed by atoms with Crippen LogP contribution in [0.5, 0.6) is 0 Å². The minimum absolute atomic E-state index is 0.282. The topological polar surface area (TPSA) is 17.8 Å². The van der Waals surface area contributed by atoms with Gasteiger partial charge >= 0.3 is 0 Å². The zero-order valence-electron chi connectivity index (χ0n) is 7.20. The Bertz CT molecular complexity index is 255. The molecule has 66 valence electrons. The van der Waals surface area contributed by atoms with Crippen molar-refractivity contribution in [2.24, 2.45) is 0 Å². The largest absolute Gasteiger partial charge is 0.315 e. The van der Waals surface area contributed by atoms with Gasteiger partial charge in [0.05, 0.1) is 6.04 Å². The molecule has 1 aromatic rings. The maximum absolute atomic E-state index is 5.85. The lowest BCUT2D eigenvalue weighted by Crippen LogP contribution is -2.04. The van der Waals surface area contributed by atoms with E-state index in [2.05, 4.69) is 18.5 Å². The first kappa shape index (κ1) is 9.33. The lowest BCUT2D eigenvalue weighted by atomic mass is 10.2. The monoisotopic (exact) mass is 184 g/mol. The normalized spacial score (nSPS) is 12.8. The van der Waals surface area contributed by atoms with Crippen LogP contribution in [0.15, 0.2) is 25.0 Å². The summed E-state index contributed by atoms with van der Waals surface area (Å²) >= 11 is 5.85. The molecule has 0 bridgehead atoms. The van der Waals surface area contributed by atoms with Gasteiger partial charge in [-0.3, -0.25) is 0 Å². The maximum Gasteiger partial charge on any atom is 0.203 e. The fourth-order valence-electron chi connectivity index (χ4n) is 1.21. The number of nitrogens with zero attached hydrogens (tertiary/aromatic N) is 2. The number of aromatic nitrogens is 2. The van der Waals surface area contributed by atoms with Crippen molar-refractivity contribution in [3.8, 4) is 0 Å². The van der Waals surface area contributed by atoms with Gasteiger partial charge in [-0.2, -0.15) is 0 Å². The molecule has 0 aliphatic rings. The third kappa shape index (κ3) is 1.89. The zero-order valence-corrected chi connectivity index (χ0v) is 7.96. The molecule has 0 saturated heterocycles. The second kappa shape index (κ2) is 4.31. The minimum Gasteiger partial charge on any atom is -0.315 e. The van der Waals surface area contributed by atoms with Gasteiger partial charge in [0.25, 0.3) is 0 Å². The predicted octanol–water partition coefficient (Wildman–Crippen LogP) is 3.06. The van der Waals surface area contributed by atoms with Crippen LogP contribution in [0.4, 0.5) is 0 Å². The molecule has 3 heteroatoms. The van der Waals surface area contributed by atoms with Crippen LogP contribution in [0.25, 0.3) is 0 Å². The second-order valence-electron chi connectivity index (χ2n) is 2.70. The van der Waals surface area contributed by atoms with Gasteiger partial charge in [-0.05, 0) is 18.0 Å². The van der Waals surface area contributed by atoms with Crippen molar-refractivity contribution in [2.45, 2.75) is 25.8 Å². The molecule has 1 atom stereocenters. The first-order chi connectivity index (χ1) is 5.79. The van der Waals surface area contributed by atoms with Crippen LogP contribution in [0, 0.1) is 0 Å². The summed E-state index contributed by atoms with van der Waals surface area (Å²) in [6.45, 7) is 5.91. The molecule has 1 aromatic heterocycles. The highest BCUT2D eigenvalue weighted by molar-refractivity contribution is 6.28. The summed E-state index contributed by atoms with van der Waals surface area (Å²) < 4.78 is 1.93. The number of hydrogen-bond acceptors (Lipinski definition) is 1. The van der Waals surface area contributed by atoms with Crippen molar-refractivity contribution in [3.63, 3.8) is 0 Å². The fourth-order valence-corrected chi connectivity index (χ4v) is 1.45. The quantitative estimate of drug-likeness (QED) is 0.658. The van der Waals surface area contributed by atoms with E-state index in [1.807, 2.05) is 16.8 Å². The summed E-state index contributed by atoms with van der Waals surface area (Å²) in [5.74, 6) is 0. The van der Waals surface area contributed by atoms with Crippen LogP contribution in [-0.4, -0.2) is 9.55 Å². The molecule has 2 nitrogen and oxygen atoms in total. The second-order valence-corrected chi connectivity index (χ2v) is 3.03. The van der Waals surface area contributed by atoms with Crippen molar-refractivity contribution in [3.05, 3.63) is 30.3 Å². The van der Waals surface area contributed by atoms with Crippen LogP contribution in [0.1, 0.15) is 25.8 Å². The average molecular weight is 185 g/mol. The molecule has 0 aromatic carbocycles. The van der Waals surface area contributed by atoms with Crippen LogP contribution in [-0.2, 0) is 0 Å². The molecule has 0 fully saturated rings. The third-order valence-corrected chi connectivity index (χ3v) is 2.13. The summed E-state index contributed by atoms with van der Waals surface area (Å²) in [5.41, 5.74) is 0. The standard InChI is InChI=1S/C9H13ClN2/c1-3-5-8(4-2)12-7-6-11-9(12)10/h4,6-8H,2-3,5H2,1H3. The summed E-state index contributed by atoms with van der Waals surface area (Å²) in [6.07, 6.45) is 7.65. The fraction of sp³-hybridized carbons (Fsp3) is 0.444. The Morgan fingerprint density at radius 1 is 1.83 bits per heavy atom. The molecular formula is C9H13ClN2. The molecule has 0 radical (unpaired) electrons. The van der Waals surface area contributed by atoms with Crippen molar-refractivity contribution < 1.29 is 0 Å². The van der Waals surface area contributed by atoms with E-state index in [1.54, 1.807) is 6.20 Å². The van der Waals surface area contributed by atoms with Gasteiger partial charge in [0.15, 0.2) is 0 Å². The Morgan fingerprint density at radius 2 is 2.58 bits per heavy atom. The van der Waals surface area contributed by atoms with E-state index in [1.165, 1.54) is 0 Å². The first-order valence-corrected chi connectivity index (χ1v) is 4.48. The van der Waals surface area contributed by atoms with E-state index in [9.17, 15) is 0 Å². The minimum atomic E-state index is 0.282. The smallest absolute Gasteiger partial charge is 0.203 e. The van der Waals surface area contributed by atoms with E-state index in [4.69, 9.17) is 11.6 Å². The van der Waals surface area contributed by atoms with Crippen LogP contribution < -0.4 is 0 Å². The van der Waals surface area contributed by atoms with Gasteiger partial charge in [0.2, 0.25) is 5.28 Å². The summed E-state index contributed by atoms with van der Waals surface area (Å²) in [7, 11) is 0. The number of halogens is 1. The molecule has 0 amide bonds. The molecule has 12 heavy (non-hydrogen) atoms. The Kier molecular flexibility index (Phi) is 3.35. The van der Waals surface area contributed by atoms with Gasteiger partial charge in [0, 0.05) is 12.4 Å². The van der Waals surface area contributed by atoms with Crippen molar-refractivity contribution in [1.29, 1.82) is 0 Å². The Balaban J connectivity index is 2.79. The van der Waals surface area contributed by atoms with E-state index in [0.717, 1.165) is 12.8 Å². The van der Waals surface area contributed by atoms with Gasteiger partial charge in [-0.1, -0.05) is 19.4 Å². The van der Waals surface area contributed by atoms with E-state index >= 15 is 0 Å². The van der Waals surface area contributed by atoms with Gasteiger partial charge in [0.1, 0.15) is 0 Å². The highest BCUT2D eigenvalue weighted by atomic mass is 35.5. The number of hydrogen-bond donors (Lipinski definition) is 0. The lowest BCUT2D eigenvalue weighted by Gasteiger charge is -2.13. The van der Waals surface area contributed by atoms with Gasteiger partial charge < -0.3 is 4.57 Å². The van der Waals surface area contributed by atoms with Gasteiger partial charge in [-0.15, -0.1) is 6.58 Å². The van der Waals surface area contributed by atoms with Crippen LogP contribution >= 0.6 is 11.6 Å². The molecule has 0 aliphatic heterocycles. The Hall–Kier alpha value is -0.760. The number of allylic oxidation sites excluding steroid dienone is 1.